The predicted molar refractivity (Wildman–Crippen MR) is 88.0 cm³/mol. The number of anilines is 1. The lowest BCUT2D eigenvalue weighted by atomic mass is 10.2. The van der Waals surface area contributed by atoms with Gasteiger partial charge in [-0.15, -0.1) is 12.4 Å². The van der Waals surface area contributed by atoms with Gasteiger partial charge in [-0.2, -0.15) is 0 Å². The molecule has 6 nitrogen and oxygen atoms in total. The van der Waals surface area contributed by atoms with E-state index in [1.54, 1.807) is 32.0 Å². The zero-order valence-electron chi connectivity index (χ0n) is 13.3. The van der Waals surface area contributed by atoms with E-state index in [1.165, 1.54) is 0 Å². The fourth-order valence-corrected chi connectivity index (χ4v) is 1.82. The van der Waals surface area contributed by atoms with E-state index in [-0.39, 0.29) is 24.7 Å². The number of benzene rings is 1. The first-order valence-corrected chi connectivity index (χ1v) is 6.72. The van der Waals surface area contributed by atoms with Crippen LogP contribution in [0.2, 0.25) is 0 Å². The highest BCUT2D eigenvalue weighted by Crippen LogP contribution is 2.25. The third kappa shape index (κ3) is 5.91. The van der Waals surface area contributed by atoms with Crippen LogP contribution >= 0.6 is 12.4 Å². The Morgan fingerprint density at radius 2 is 2.05 bits per heavy atom. The van der Waals surface area contributed by atoms with Crippen molar-refractivity contribution >= 4 is 30.0 Å². The van der Waals surface area contributed by atoms with Gasteiger partial charge in [0.2, 0.25) is 5.91 Å². The molecule has 0 saturated heterocycles. The van der Waals surface area contributed by atoms with E-state index in [0.29, 0.717) is 18.0 Å². The van der Waals surface area contributed by atoms with Crippen LogP contribution in [0, 0.1) is 6.92 Å². The monoisotopic (exact) mass is 330 g/mol. The van der Waals surface area contributed by atoms with Gasteiger partial charge in [-0.05, 0) is 38.6 Å². The largest absolute Gasteiger partial charge is 0.495 e. The number of rotatable bonds is 7. The SMILES string of the molecule is COc1ccc(C)cc1NC(=O)C(C)N(C)CCC(=O)O.Cl. The Labute approximate surface area is 136 Å². The summed E-state index contributed by atoms with van der Waals surface area (Å²) in [7, 11) is 3.27. The first-order chi connectivity index (χ1) is 9.85. The molecule has 0 aliphatic heterocycles. The number of carboxylic acids is 1. The standard InChI is InChI=1S/C15H22N2O4.ClH/c1-10-5-6-13(21-4)12(9-10)16-15(20)11(2)17(3)8-7-14(18)19;/h5-6,9,11H,7-8H2,1-4H3,(H,16,20)(H,18,19);1H. The van der Waals surface area contributed by atoms with Crippen LogP contribution in [0.25, 0.3) is 0 Å². The number of aliphatic carboxylic acids is 1. The number of ether oxygens (including phenoxy) is 1. The summed E-state index contributed by atoms with van der Waals surface area (Å²) in [6.45, 7) is 3.98. The van der Waals surface area contributed by atoms with Gasteiger partial charge in [0.1, 0.15) is 5.75 Å². The molecule has 0 spiro atoms. The molecular weight excluding hydrogens is 308 g/mol. The maximum Gasteiger partial charge on any atom is 0.304 e. The molecule has 1 rings (SSSR count). The van der Waals surface area contributed by atoms with Gasteiger partial charge in [-0.3, -0.25) is 14.5 Å². The highest BCUT2D eigenvalue weighted by molar-refractivity contribution is 5.95. The molecule has 0 heterocycles. The van der Waals surface area contributed by atoms with Crippen LogP contribution in [0.3, 0.4) is 0 Å². The summed E-state index contributed by atoms with van der Waals surface area (Å²) in [4.78, 5) is 24.5. The maximum absolute atomic E-state index is 12.2. The topological polar surface area (TPSA) is 78.9 Å². The Bertz CT molecular complexity index is 522. The number of hydrogen-bond acceptors (Lipinski definition) is 4. The second kappa shape index (κ2) is 9.27. The summed E-state index contributed by atoms with van der Waals surface area (Å²) < 4.78 is 5.21. The first-order valence-electron chi connectivity index (χ1n) is 6.72. The minimum atomic E-state index is -0.880. The Hall–Kier alpha value is -1.79. The van der Waals surface area contributed by atoms with Crippen LogP contribution in [0.4, 0.5) is 5.69 Å². The lowest BCUT2D eigenvalue weighted by Crippen LogP contribution is -2.40. The maximum atomic E-state index is 12.2. The van der Waals surface area contributed by atoms with E-state index >= 15 is 0 Å². The van der Waals surface area contributed by atoms with Crippen molar-refractivity contribution in [2.45, 2.75) is 26.3 Å². The summed E-state index contributed by atoms with van der Waals surface area (Å²) in [5.41, 5.74) is 1.62. The third-order valence-electron chi connectivity index (χ3n) is 3.33. The Morgan fingerprint density at radius 1 is 1.41 bits per heavy atom. The Kier molecular flexibility index (Phi) is 8.52. The van der Waals surface area contributed by atoms with Crippen molar-refractivity contribution in [2.24, 2.45) is 0 Å². The van der Waals surface area contributed by atoms with Crippen molar-refractivity contribution in [3.63, 3.8) is 0 Å². The molecule has 7 heteroatoms. The average molecular weight is 331 g/mol. The second-order valence-electron chi connectivity index (χ2n) is 4.99. The second-order valence-corrected chi connectivity index (χ2v) is 4.99. The van der Waals surface area contributed by atoms with E-state index in [1.807, 2.05) is 19.1 Å². The van der Waals surface area contributed by atoms with Crippen molar-refractivity contribution in [3.8, 4) is 5.75 Å². The van der Waals surface area contributed by atoms with Crippen LogP contribution in [0.5, 0.6) is 5.75 Å². The molecule has 0 aliphatic rings. The number of carbonyl (C=O) groups is 2. The van der Waals surface area contributed by atoms with Crippen molar-refractivity contribution in [1.82, 2.24) is 4.90 Å². The molecule has 2 N–H and O–H groups in total. The van der Waals surface area contributed by atoms with Gasteiger partial charge < -0.3 is 15.2 Å². The van der Waals surface area contributed by atoms with Gasteiger partial charge in [-0.25, -0.2) is 0 Å². The number of carbonyl (C=O) groups excluding carboxylic acids is 1. The molecule has 0 bridgehead atoms. The number of amides is 1. The van der Waals surface area contributed by atoms with Crippen molar-refractivity contribution in [1.29, 1.82) is 0 Å². The fraction of sp³-hybridized carbons (Fsp3) is 0.467. The molecule has 0 aromatic heterocycles. The minimum Gasteiger partial charge on any atom is -0.495 e. The quantitative estimate of drug-likeness (QED) is 0.801. The summed E-state index contributed by atoms with van der Waals surface area (Å²) >= 11 is 0. The van der Waals surface area contributed by atoms with Crippen LogP contribution < -0.4 is 10.1 Å². The molecule has 0 radical (unpaired) electrons. The summed E-state index contributed by atoms with van der Waals surface area (Å²) in [6, 6.07) is 5.09. The number of likely N-dealkylation sites (N-methyl/N-ethyl adjacent to an activating group) is 1. The normalized spacial score (nSPS) is 11.5. The van der Waals surface area contributed by atoms with Gasteiger partial charge in [0.15, 0.2) is 0 Å². The van der Waals surface area contributed by atoms with Gasteiger partial charge in [0, 0.05) is 6.54 Å². The van der Waals surface area contributed by atoms with Gasteiger partial charge in [0.25, 0.3) is 0 Å². The number of hydrogen-bond donors (Lipinski definition) is 2. The third-order valence-corrected chi connectivity index (χ3v) is 3.33. The van der Waals surface area contributed by atoms with E-state index in [0.717, 1.165) is 5.56 Å². The van der Waals surface area contributed by atoms with E-state index in [9.17, 15) is 9.59 Å². The lowest BCUT2D eigenvalue weighted by Gasteiger charge is -2.23. The Balaban J connectivity index is 0.00000441. The van der Waals surface area contributed by atoms with E-state index < -0.39 is 12.0 Å². The van der Waals surface area contributed by atoms with E-state index in [4.69, 9.17) is 9.84 Å². The number of nitrogens with one attached hydrogen (secondary N) is 1. The number of methoxy groups -OCH3 is 1. The molecule has 22 heavy (non-hydrogen) atoms. The highest BCUT2D eigenvalue weighted by Gasteiger charge is 2.19. The summed E-state index contributed by atoms with van der Waals surface area (Å²) in [6.07, 6.45) is 0.00187. The molecule has 1 atom stereocenters. The number of aryl methyl sites for hydroxylation is 1. The van der Waals surface area contributed by atoms with Gasteiger partial charge >= 0.3 is 5.97 Å². The lowest BCUT2D eigenvalue weighted by molar-refractivity contribution is -0.137. The van der Waals surface area contributed by atoms with E-state index in [2.05, 4.69) is 5.32 Å². The molecule has 1 unspecified atom stereocenters. The molecule has 0 saturated carbocycles. The zero-order chi connectivity index (χ0) is 16.0. The number of carboxylic acid groups (broad SMARTS) is 1. The molecule has 1 amide bonds. The van der Waals surface area contributed by atoms with Crippen LogP contribution in [0.1, 0.15) is 18.9 Å². The smallest absolute Gasteiger partial charge is 0.304 e. The Morgan fingerprint density at radius 3 is 2.59 bits per heavy atom. The molecule has 0 fully saturated rings. The van der Waals surface area contributed by atoms with Crippen LogP contribution in [-0.2, 0) is 9.59 Å². The van der Waals surface area contributed by atoms with Crippen molar-refractivity contribution in [3.05, 3.63) is 23.8 Å². The van der Waals surface area contributed by atoms with Gasteiger partial charge in [0.05, 0.1) is 25.3 Å². The van der Waals surface area contributed by atoms with Crippen molar-refractivity contribution in [2.75, 3.05) is 26.0 Å². The fourth-order valence-electron chi connectivity index (χ4n) is 1.82. The first kappa shape index (κ1) is 20.2. The summed E-state index contributed by atoms with van der Waals surface area (Å²) in [5, 5.41) is 11.5. The average Bonchev–Trinajstić information content (AvgIpc) is 2.44. The molecule has 124 valence electrons. The van der Waals surface area contributed by atoms with Crippen molar-refractivity contribution < 1.29 is 19.4 Å². The number of nitrogens with zero attached hydrogens (tertiary/aromatic N) is 1. The molecule has 1 aromatic carbocycles. The molecule has 1 aromatic rings. The van der Waals surface area contributed by atoms with Crippen LogP contribution in [-0.4, -0.2) is 48.6 Å². The summed E-state index contributed by atoms with van der Waals surface area (Å²) in [5.74, 6) is -0.490. The van der Waals surface area contributed by atoms with Gasteiger partial charge in [-0.1, -0.05) is 6.07 Å². The zero-order valence-corrected chi connectivity index (χ0v) is 14.1. The minimum absolute atomic E-state index is 0. The molecular formula is C15H23ClN2O4. The molecule has 0 aliphatic carbocycles. The highest BCUT2D eigenvalue weighted by atomic mass is 35.5. The van der Waals surface area contributed by atoms with Crippen LogP contribution in [0.15, 0.2) is 18.2 Å². The number of halogens is 1. The predicted octanol–water partition coefficient (Wildman–Crippen LogP) is 2.16.